The molecule has 2 nitrogen and oxygen atoms in total. The maximum Gasteiger partial charge on any atom is 0.223 e. The molecule has 0 atom stereocenters. The van der Waals surface area contributed by atoms with E-state index in [9.17, 15) is 4.79 Å². The highest BCUT2D eigenvalue weighted by Gasteiger charge is 2.23. The van der Waals surface area contributed by atoms with Gasteiger partial charge in [0.2, 0.25) is 5.91 Å². The van der Waals surface area contributed by atoms with Crippen LogP contribution in [0.3, 0.4) is 0 Å². The van der Waals surface area contributed by atoms with E-state index in [-0.39, 0.29) is 17.2 Å². The first-order valence-corrected chi connectivity index (χ1v) is 7.51. The third-order valence-corrected chi connectivity index (χ3v) is 3.88. The number of halogens is 1. The molecule has 0 unspecified atom stereocenters. The summed E-state index contributed by atoms with van der Waals surface area (Å²) in [5.74, 6) is 0.566. The lowest BCUT2D eigenvalue weighted by Gasteiger charge is -2.26. The molecule has 1 N–H and O–H groups in total. The molecule has 0 heterocycles. The molecule has 1 aliphatic rings. The Kier molecular flexibility index (Phi) is 5.81. The first-order valence-electron chi connectivity index (χ1n) is 6.39. The van der Waals surface area contributed by atoms with E-state index in [1.165, 1.54) is 19.3 Å². The van der Waals surface area contributed by atoms with Crippen molar-refractivity contribution in [1.82, 2.24) is 5.32 Å². The van der Waals surface area contributed by atoms with E-state index in [4.69, 9.17) is 0 Å². The highest BCUT2D eigenvalue weighted by Crippen LogP contribution is 2.25. The van der Waals surface area contributed by atoms with Gasteiger partial charge in [0.05, 0.1) is 0 Å². The molecule has 0 aromatic carbocycles. The van der Waals surface area contributed by atoms with Crippen molar-refractivity contribution in [1.29, 1.82) is 0 Å². The van der Waals surface area contributed by atoms with Crippen molar-refractivity contribution in [3.63, 3.8) is 0 Å². The van der Waals surface area contributed by atoms with E-state index in [1.807, 2.05) is 0 Å². The smallest absolute Gasteiger partial charge is 0.223 e. The molecule has 1 aliphatic carbocycles. The molecule has 0 spiro atoms. The van der Waals surface area contributed by atoms with Gasteiger partial charge in [0.1, 0.15) is 0 Å². The lowest BCUT2D eigenvalue weighted by atomic mass is 9.87. The van der Waals surface area contributed by atoms with Crippen LogP contribution in [0.25, 0.3) is 0 Å². The molecule has 0 aromatic rings. The predicted molar refractivity (Wildman–Crippen MR) is 71.8 cm³/mol. The summed E-state index contributed by atoms with van der Waals surface area (Å²) in [5, 5.41) is 4.12. The summed E-state index contributed by atoms with van der Waals surface area (Å²) in [6.07, 6.45) is 7.03. The molecule has 1 amide bonds. The summed E-state index contributed by atoms with van der Waals surface area (Å²) in [4.78, 5) is 11.9. The summed E-state index contributed by atoms with van der Waals surface area (Å²) >= 11 is 3.46. The Morgan fingerprint density at radius 1 is 1.31 bits per heavy atom. The average molecular weight is 290 g/mol. The van der Waals surface area contributed by atoms with E-state index in [2.05, 4.69) is 35.1 Å². The van der Waals surface area contributed by atoms with Crippen molar-refractivity contribution < 1.29 is 4.79 Å². The fraction of sp³-hybridized carbons (Fsp3) is 0.923. The van der Waals surface area contributed by atoms with Crippen LogP contribution in [-0.4, -0.2) is 17.8 Å². The molecule has 0 saturated heterocycles. The van der Waals surface area contributed by atoms with E-state index in [0.29, 0.717) is 0 Å². The fourth-order valence-corrected chi connectivity index (χ4v) is 3.25. The molecule has 1 rings (SSSR count). The molecule has 16 heavy (non-hydrogen) atoms. The van der Waals surface area contributed by atoms with Crippen molar-refractivity contribution in [2.75, 3.05) is 11.9 Å². The van der Waals surface area contributed by atoms with E-state index < -0.39 is 0 Å². The number of nitrogens with one attached hydrogen (secondary N) is 1. The van der Waals surface area contributed by atoms with Crippen LogP contribution in [0.2, 0.25) is 0 Å². The molecular formula is C13H24BrNO. The van der Waals surface area contributed by atoms with Gasteiger partial charge in [-0.05, 0) is 24.7 Å². The van der Waals surface area contributed by atoms with Gasteiger partial charge in [0, 0.05) is 17.8 Å². The van der Waals surface area contributed by atoms with Crippen molar-refractivity contribution >= 4 is 21.8 Å². The van der Waals surface area contributed by atoms with Gasteiger partial charge in [-0.3, -0.25) is 4.79 Å². The third-order valence-electron chi connectivity index (χ3n) is 3.49. The first kappa shape index (κ1) is 14.0. The predicted octanol–water partition coefficient (Wildman–Crippen LogP) is 3.49. The first-order chi connectivity index (χ1) is 7.55. The van der Waals surface area contributed by atoms with Crippen molar-refractivity contribution in [3.8, 4) is 0 Å². The largest absolute Gasteiger partial charge is 0.355 e. The minimum atomic E-state index is 0.202. The molecule has 3 heteroatoms. The molecule has 0 aliphatic heterocycles. The monoisotopic (exact) mass is 289 g/mol. The molecule has 94 valence electrons. The number of rotatable bonds is 5. The van der Waals surface area contributed by atoms with Crippen LogP contribution in [0, 0.1) is 11.3 Å². The second-order valence-corrected chi connectivity index (χ2v) is 6.45. The van der Waals surface area contributed by atoms with Crippen molar-refractivity contribution in [2.45, 2.75) is 52.4 Å². The zero-order valence-corrected chi connectivity index (χ0v) is 12.1. The Morgan fingerprint density at radius 3 is 2.50 bits per heavy atom. The Balaban J connectivity index is 2.28. The van der Waals surface area contributed by atoms with Crippen LogP contribution < -0.4 is 5.32 Å². The Labute approximate surface area is 108 Å². The van der Waals surface area contributed by atoms with Crippen LogP contribution in [0.15, 0.2) is 0 Å². The SMILES string of the molecule is CC(C)(CCBr)CNC(=O)C1CCCCC1. The number of hydrogen-bond acceptors (Lipinski definition) is 1. The van der Waals surface area contributed by atoms with E-state index in [0.717, 1.165) is 31.1 Å². The Bertz CT molecular complexity index is 222. The fourth-order valence-electron chi connectivity index (χ4n) is 2.18. The number of hydrogen-bond donors (Lipinski definition) is 1. The van der Waals surface area contributed by atoms with Crippen LogP contribution in [0.4, 0.5) is 0 Å². The molecule has 1 saturated carbocycles. The average Bonchev–Trinajstić information content (AvgIpc) is 2.27. The van der Waals surface area contributed by atoms with Gasteiger partial charge in [0.15, 0.2) is 0 Å². The number of alkyl halides is 1. The van der Waals surface area contributed by atoms with Crippen LogP contribution in [-0.2, 0) is 4.79 Å². The number of carbonyl (C=O) groups excluding carboxylic acids is 1. The van der Waals surface area contributed by atoms with Crippen molar-refractivity contribution in [3.05, 3.63) is 0 Å². The number of carbonyl (C=O) groups is 1. The number of amides is 1. The van der Waals surface area contributed by atoms with Crippen LogP contribution in [0.5, 0.6) is 0 Å². The zero-order valence-electron chi connectivity index (χ0n) is 10.5. The van der Waals surface area contributed by atoms with Crippen molar-refractivity contribution in [2.24, 2.45) is 11.3 Å². The second-order valence-electron chi connectivity index (χ2n) is 5.66. The lowest BCUT2D eigenvalue weighted by molar-refractivity contribution is -0.126. The molecule has 1 fully saturated rings. The summed E-state index contributed by atoms with van der Waals surface area (Å²) in [6.45, 7) is 5.21. The Morgan fingerprint density at radius 2 is 1.94 bits per heavy atom. The molecule has 0 aromatic heterocycles. The highest BCUT2D eigenvalue weighted by atomic mass is 79.9. The minimum Gasteiger partial charge on any atom is -0.355 e. The maximum atomic E-state index is 11.9. The highest BCUT2D eigenvalue weighted by molar-refractivity contribution is 9.09. The standard InChI is InChI=1S/C13H24BrNO/c1-13(2,8-9-14)10-15-12(16)11-6-4-3-5-7-11/h11H,3-10H2,1-2H3,(H,15,16). The summed E-state index contributed by atoms with van der Waals surface area (Å²) in [6, 6.07) is 0. The second kappa shape index (κ2) is 6.63. The van der Waals surface area contributed by atoms with Gasteiger partial charge in [0.25, 0.3) is 0 Å². The van der Waals surface area contributed by atoms with Gasteiger partial charge >= 0.3 is 0 Å². The van der Waals surface area contributed by atoms with Gasteiger partial charge in [-0.2, -0.15) is 0 Å². The van der Waals surface area contributed by atoms with Crippen LogP contribution >= 0.6 is 15.9 Å². The van der Waals surface area contributed by atoms with E-state index in [1.54, 1.807) is 0 Å². The molecular weight excluding hydrogens is 266 g/mol. The van der Waals surface area contributed by atoms with E-state index >= 15 is 0 Å². The third kappa shape index (κ3) is 4.86. The van der Waals surface area contributed by atoms with Gasteiger partial charge in [-0.1, -0.05) is 49.0 Å². The topological polar surface area (TPSA) is 29.1 Å². The maximum absolute atomic E-state index is 11.9. The normalized spacial score (nSPS) is 18.4. The molecule has 0 bridgehead atoms. The summed E-state index contributed by atoms with van der Waals surface area (Å²) in [7, 11) is 0. The lowest BCUT2D eigenvalue weighted by Crippen LogP contribution is -2.38. The zero-order chi connectivity index (χ0) is 12.0. The van der Waals surface area contributed by atoms with Gasteiger partial charge in [-0.25, -0.2) is 0 Å². The quantitative estimate of drug-likeness (QED) is 0.771. The Hall–Kier alpha value is -0.0500. The van der Waals surface area contributed by atoms with Gasteiger partial charge in [-0.15, -0.1) is 0 Å². The summed E-state index contributed by atoms with van der Waals surface area (Å²) in [5.41, 5.74) is 0.202. The molecule has 0 radical (unpaired) electrons. The van der Waals surface area contributed by atoms with Crippen LogP contribution in [0.1, 0.15) is 52.4 Å². The van der Waals surface area contributed by atoms with Gasteiger partial charge < -0.3 is 5.32 Å². The minimum absolute atomic E-state index is 0.202. The summed E-state index contributed by atoms with van der Waals surface area (Å²) < 4.78 is 0.